The zero-order chi connectivity index (χ0) is 21.8. The van der Waals surface area contributed by atoms with Crippen molar-refractivity contribution >= 4 is 29.0 Å². The molecular formula is C23H29N5O2. The van der Waals surface area contributed by atoms with Crippen molar-refractivity contribution in [3.63, 3.8) is 0 Å². The van der Waals surface area contributed by atoms with Crippen LogP contribution in [0.2, 0.25) is 0 Å². The maximum absolute atomic E-state index is 12.9. The molecule has 1 saturated heterocycles. The van der Waals surface area contributed by atoms with Crippen molar-refractivity contribution in [1.29, 1.82) is 5.41 Å². The van der Waals surface area contributed by atoms with Crippen LogP contribution in [-0.4, -0.2) is 41.7 Å². The first-order valence-corrected chi connectivity index (χ1v) is 10.2. The van der Waals surface area contributed by atoms with Gasteiger partial charge in [0.1, 0.15) is 5.84 Å². The van der Waals surface area contributed by atoms with Crippen LogP contribution in [0, 0.1) is 19.3 Å². The molecule has 3 rings (SSSR count). The fraction of sp³-hybridized carbons (Fsp3) is 0.348. The molecule has 1 heterocycles. The van der Waals surface area contributed by atoms with Crippen LogP contribution < -0.4 is 16.4 Å². The zero-order valence-corrected chi connectivity index (χ0v) is 17.7. The first-order valence-electron chi connectivity index (χ1n) is 10.2. The van der Waals surface area contributed by atoms with Crippen LogP contribution in [0.1, 0.15) is 46.8 Å². The molecule has 7 nitrogen and oxygen atoms in total. The Kier molecular flexibility index (Phi) is 6.40. The van der Waals surface area contributed by atoms with Crippen LogP contribution in [0.4, 0.5) is 11.4 Å². The van der Waals surface area contributed by atoms with Gasteiger partial charge in [-0.1, -0.05) is 0 Å². The number of carbonyl (C=O) groups is 2. The van der Waals surface area contributed by atoms with E-state index in [1.54, 1.807) is 24.3 Å². The summed E-state index contributed by atoms with van der Waals surface area (Å²) in [6.07, 6.45) is 2.09. The Morgan fingerprint density at radius 1 is 1.17 bits per heavy atom. The SMILES string of the molecule is Cc1cc(C(=O)N2CCCC2C)c(C)cc1NC(=O)CNc1ccc(C(=N)N)cc1. The number of nitrogen functional groups attached to an aromatic ring is 1. The van der Waals surface area contributed by atoms with Crippen molar-refractivity contribution in [2.24, 2.45) is 5.73 Å². The highest BCUT2D eigenvalue weighted by Gasteiger charge is 2.27. The lowest BCUT2D eigenvalue weighted by Crippen LogP contribution is -2.34. The Hall–Kier alpha value is -3.35. The van der Waals surface area contributed by atoms with Gasteiger partial charge in [-0.3, -0.25) is 15.0 Å². The highest BCUT2D eigenvalue weighted by molar-refractivity contribution is 5.99. The van der Waals surface area contributed by atoms with Crippen molar-refractivity contribution in [3.8, 4) is 0 Å². The van der Waals surface area contributed by atoms with Crippen molar-refractivity contribution in [2.45, 2.75) is 39.7 Å². The fourth-order valence-corrected chi connectivity index (χ4v) is 3.72. The monoisotopic (exact) mass is 407 g/mol. The third-order valence-electron chi connectivity index (χ3n) is 5.54. The molecule has 0 radical (unpaired) electrons. The molecule has 0 aliphatic carbocycles. The molecule has 158 valence electrons. The summed E-state index contributed by atoms with van der Waals surface area (Å²) in [5, 5.41) is 13.4. The van der Waals surface area contributed by atoms with E-state index in [-0.39, 0.29) is 30.2 Å². The lowest BCUT2D eigenvalue weighted by Gasteiger charge is -2.23. The average molecular weight is 408 g/mol. The van der Waals surface area contributed by atoms with Gasteiger partial charge < -0.3 is 21.3 Å². The molecule has 1 atom stereocenters. The third-order valence-corrected chi connectivity index (χ3v) is 5.54. The van der Waals surface area contributed by atoms with E-state index in [9.17, 15) is 9.59 Å². The summed E-state index contributed by atoms with van der Waals surface area (Å²) in [4.78, 5) is 27.2. The van der Waals surface area contributed by atoms with Crippen LogP contribution >= 0.6 is 0 Å². The molecule has 1 aliphatic heterocycles. The Labute approximate surface area is 177 Å². The number of amidine groups is 1. The second-order valence-corrected chi connectivity index (χ2v) is 7.86. The normalized spacial score (nSPS) is 15.7. The maximum Gasteiger partial charge on any atom is 0.254 e. The molecule has 1 aliphatic rings. The van der Waals surface area contributed by atoms with Crippen molar-refractivity contribution in [1.82, 2.24) is 4.90 Å². The minimum Gasteiger partial charge on any atom is -0.384 e. The van der Waals surface area contributed by atoms with Crippen molar-refractivity contribution in [2.75, 3.05) is 23.7 Å². The van der Waals surface area contributed by atoms with E-state index in [2.05, 4.69) is 17.6 Å². The molecule has 7 heteroatoms. The number of nitrogens with one attached hydrogen (secondary N) is 3. The maximum atomic E-state index is 12.9. The predicted molar refractivity (Wildman–Crippen MR) is 120 cm³/mol. The molecule has 1 fully saturated rings. The topological polar surface area (TPSA) is 111 Å². The van der Waals surface area contributed by atoms with Gasteiger partial charge in [0.2, 0.25) is 5.91 Å². The second kappa shape index (κ2) is 8.98. The molecule has 1 unspecified atom stereocenters. The van der Waals surface area contributed by atoms with Crippen LogP contribution in [0.15, 0.2) is 36.4 Å². The number of benzene rings is 2. The third kappa shape index (κ3) is 4.79. The summed E-state index contributed by atoms with van der Waals surface area (Å²) in [5.74, 6) is -0.110. The molecule has 30 heavy (non-hydrogen) atoms. The van der Waals surface area contributed by atoms with Crippen LogP contribution in [-0.2, 0) is 4.79 Å². The lowest BCUT2D eigenvalue weighted by molar-refractivity contribution is -0.114. The quantitative estimate of drug-likeness (QED) is 0.435. The van der Waals surface area contributed by atoms with Gasteiger partial charge >= 0.3 is 0 Å². The standard InChI is InChI=1S/C23H29N5O2/c1-14-12-20(15(2)11-19(14)23(30)28-10-4-5-16(28)3)27-21(29)13-26-18-8-6-17(7-9-18)22(24)25/h6-9,11-12,16,26H,4-5,10,13H2,1-3H3,(H3,24,25)(H,27,29). The van der Waals surface area contributed by atoms with Crippen LogP contribution in [0.5, 0.6) is 0 Å². The highest BCUT2D eigenvalue weighted by Crippen LogP contribution is 2.25. The average Bonchev–Trinajstić information content (AvgIpc) is 3.14. The zero-order valence-electron chi connectivity index (χ0n) is 17.7. The van der Waals surface area contributed by atoms with E-state index in [1.165, 1.54) is 0 Å². The summed E-state index contributed by atoms with van der Waals surface area (Å²) in [6, 6.07) is 11.0. The first-order chi connectivity index (χ1) is 14.3. The minimum atomic E-state index is -0.180. The largest absolute Gasteiger partial charge is 0.384 e. The number of amides is 2. The van der Waals surface area contributed by atoms with Crippen molar-refractivity contribution < 1.29 is 9.59 Å². The van der Waals surface area contributed by atoms with Gasteiger partial charge in [-0.25, -0.2) is 0 Å². The smallest absolute Gasteiger partial charge is 0.254 e. The van der Waals surface area contributed by atoms with Gasteiger partial charge in [-0.05, 0) is 81.1 Å². The summed E-state index contributed by atoms with van der Waals surface area (Å²) in [7, 11) is 0. The molecule has 0 bridgehead atoms. The summed E-state index contributed by atoms with van der Waals surface area (Å²) >= 11 is 0. The van der Waals surface area contributed by atoms with E-state index >= 15 is 0 Å². The summed E-state index contributed by atoms with van der Waals surface area (Å²) in [6.45, 7) is 6.79. The number of rotatable bonds is 6. The number of nitrogens with two attached hydrogens (primary N) is 1. The lowest BCUT2D eigenvalue weighted by atomic mass is 10.0. The van der Waals surface area contributed by atoms with Crippen LogP contribution in [0.3, 0.4) is 0 Å². The predicted octanol–water partition coefficient (Wildman–Crippen LogP) is 3.26. The first kappa shape index (κ1) is 21.4. The van der Waals surface area contributed by atoms with Gasteiger partial charge in [0.05, 0.1) is 6.54 Å². The Morgan fingerprint density at radius 3 is 2.47 bits per heavy atom. The number of aryl methyl sites for hydroxylation is 2. The summed E-state index contributed by atoms with van der Waals surface area (Å²) in [5.41, 5.74) is 9.96. The molecule has 2 aromatic rings. The second-order valence-electron chi connectivity index (χ2n) is 7.86. The van der Waals surface area contributed by atoms with Crippen LogP contribution in [0.25, 0.3) is 0 Å². The number of likely N-dealkylation sites (tertiary alicyclic amines) is 1. The van der Waals surface area contributed by atoms with Gasteiger partial charge in [0.15, 0.2) is 0 Å². The number of hydrogen-bond donors (Lipinski definition) is 4. The Morgan fingerprint density at radius 2 is 1.87 bits per heavy atom. The number of carbonyl (C=O) groups excluding carboxylic acids is 2. The Balaban J connectivity index is 1.63. The van der Waals surface area contributed by atoms with E-state index < -0.39 is 0 Å². The minimum absolute atomic E-state index is 0.00579. The molecule has 2 aromatic carbocycles. The molecular weight excluding hydrogens is 378 g/mol. The molecule has 5 N–H and O–H groups in total. The number of anilines is 2. The highest BCUT2D eigenvalue weighted by atomic mass is 16.2. The van der Waals surface area contributed by atoms with Gasteiger partial charge in [0, 0.05) is 35.1 Å². The fourth-order valence-electron chi connectivity index (χ4n) is 3.72. The van der Waals surface area contributed by atoms with Gasteiger partial charge in [0.25, 0.3) is 5.91 Å². The molecule has 2 amide bonds. The van der Waals surface area contributed by atoms with Gasteiger partial charge in [-0.15, -0.1) is 0 Å². The molecule has 0 aromatic heterocycles. The number of hydrogen-bond acceptors (Lipinski definition) is 4. The number of nitrogens with zero attached hydrogens (tertiary/aromatic N) is 1. The Bertz CT molecular complexity index is 968. The molecule has 0 saturated carbocycles. The van der Waals surface area contributed by atoms with E-state index in [4.69, 9.17) is 11.1 Å². The van der Waals surface area contributed by atoms with E-state index in [0.717, 1.165) is 36.2 Å². The van der Waals surface area contributed by atoms with E-state index in [1.807, 2.05) is 30.9 Å². The van der Waals surface area contributed by atoms with Gasteiger partial charge in [-0.2, -0.15) is 0 Å². The summed E-state index contributed by atoms with van der Waals surface area (Å²) < 4.78 is 0. The van der Waals surface area contributed by atoms with E-state index in [0.29, 0.717) is 16.8 Å². The molecule has 0 spiro atoms. The van der Waals surface area contributed by atoms with Crippen molar-refractivity contribution in [3.05, 3.63) is 58.7 Å².